The highest BCUT2D eigenvalue weighted by Gasteiger charge is 2.13. The van der Waals surface area contributed by atoms with E-state index in [0.717, 1.165) is 16.6 Å². The second kappa shape index (κ2) is 6.31. The van der Waals surface area contributed by atoms with Gasteiger partial charge in [0.2, 0.25) is 0 Å². The van der Waals surface area contributed by atoms with Crippen LogP contribution in [-0.4, -0.2) is 19.1 Å². The minimum atomic E-state index is 0.287. The molecule has 0 saturated carbocycles. The van der Waals surface area contributed by atoms with Crippen molar-refractivity contribution in [2.75, 3.05) is 14.2 Å². The van der Waals surface area contributed by atoms with Gasteiger partial charge in [-0.1, -0.05) is 0 Å². The molecule has 18 heavy (non-hydrogen) atoms. The van der Waals surface area contributed by atoms with Crippen LogP contribution in [0.2, 0.25) is 0 Å². The summed E-state index contributed by atoms with van der Waals surface area (Å²) in [5.41, 5.74) is 1.20. The molecule has 0 fully saturated rings. The molecule has 0 aromatic carbocycles. The lowest BCUT2D eigenvalue weighted by molar-refractivity contribution is 0.416. The van der Waals surface area contributed by atoms with E-state index in [2.05, 4.69) is 38.4 Å². The predicted molar refractivity (Wildman–Crippen MR) is 78.3 cm³/mol. The van der Waals surface area contributed by atoms with E-state index < -0.39 is 0 Å². The van der Waals surface area contributed by atoms with Crippen molar-refractivity contribution in [2.45, 2.75) is 12.5 Å². The van der Waals surface area contributed by atoms with Crippen LogP contribution in [0.5, 0.6) is 5.75 Å². The molecule has 0 aliphatic rings. The first-order chi connectivity index (χ1) is 8.72. The van der Waals surface area contributed by atoms with E-state index in [0.29, 0.717) is 0 Å². The fourth-order valence-corrected chi connectivity index (χ4v) is 3.15. The summed E-state index contributed by atoms with van der Waals surface area (Å²) in [6.45, 7) is 0. The van der Waals surface area contributed by atoms with Gasteiger partial charge in [0.25, 0.3) is 0 Å². The summed E-state index contributed by atoms with van der Waals surface area (Å²) in [5.74, 6) is 0.919. The normalized spacial score (nSPS) is 12.4. The molecule has 0 amide bonds. The van der Waals surface area contributed by atoms with Gasteiger partial charge >= 0.3 is 0 Å². The first kappa shape index (κ1) is 13.5. The highest BCUT2D eigenvalue weighted by atomic mass is 79.9. The van der Waals surface area contributed by atoms with Gasteiger partial charge in [-0.2, -0.15) is 0 Å². The second-order valence-electron chi connectivity index (χ2n) is 3.95. The Kier molecular flexibility index (Phi) is 4.74. The third-order valence-corrected chi connectivity index (χ3v) is 4.18. The summed E-state index contributed by atoms with van der Waals surface area (Å²) in [6, 6.07) is 4.47. The number of nitrogens with zero attached hydrogens (tertiary/aromatic N) is 1. The smallest absolute Gasteiger partial charge is 0.129 e. The zero-order valence-corrected chi connectivity index (χ0v) is 12.7. The zero-order valence-electron chi connectivity index (χ0n) is 10.3. The molecule has 1 N–H and O–H groups in total. The van der Waals surface area contributed by atoms with Crippen LogP contribution in [0.3, 0.4) is 0 Å². The molecule has 0 bridgehead atoms. The minimum Gasteiger partial charge on any atom is -0.496 e. The van der Waals surface area contributed by atoms with E-state index in [9.17, 15) is 0 Å². The lowest BCUT2D eigenvalue weighted by Crippen LogP contribution is -2.17. The van der Waals surface area contributed by atoms with Gasteiger partial charge in [0.05, 0.1) is 7.11 Å². The number of thiophene rings is 1. The number of methoxy groups -OCH3 is 1. The lowest BCUT2D eigenvalue weighted by atomic mass is 10.1. The number of likely N-dealkylation sites (N-methyl/N-ethyl adjacent to an activating group) is 1. The van der Waals surface area contributed by atoms with Gasteiger partial charge in [0, 0.05) is 33.2 Å². The highest BCUT2D eigenvalue weighted by molar-refractivity contribution is 9.10. The van der Waals surface area contributed by atoms with Crippen molar-refractivity contribution in [3.8, 4) is 5.75 Å². The number of pyridine rings is 1. The van der Waals surface area contributed by atoms with Crippen LogP contribution < -0.4 is 10.1 Å². The van der Waals surface area contributed by atoms with E-state index in [4.69, 9.17) is 4.74 Å². The van der Waals surface area contributed by atoms with Crippen molar-refractivity contribution >= 4 is 27.3 Å². The molecule has 1 unspecified atom stereocenters. The van der Waals surface area contributed by atoms with E-state index in [1.54, 1.807) is 24.6 Å². The largest absolute Gasteiger partial charge is 0.496 e. The Labute approximate surface area is 119 Å². The number of hydrogen-bond acceptors (Lipinski definition) is 4. The molecule has 96 valence electrons. The van der Waals surface area contributed by atoms with Gasteiger partial charge in [-0.25, -0.2) is 0 Å². The van der Waals surface area contributed by atoms with Crippen molar-refractivity contribution in [1.82, 2.24) is 10.3 Å². The van der Waals surface area contributed by atoms with Gasteiger partial charge in [0.15, 0.2) is 0 Å². The lowest BCUT2D eigenvalue weighted by Gasteiger charge is -2.14. The second-order valence-corrected chi connectivity index (χ2v) is 5.80. The van der Waals surface area contributed by atoms with E-state index in [1.807, 2.05) is 18.6 Å². The van der Waals surface area contributed by atoms with Gasteiger partial charge in [-0.05, 0) is 47.1 Å². The molecule has 3 nitrogen and oxygen atoms in total. The standard InChI is InChI=1S/C13H15BrN2OS/c1-15-12(13-5-11(17-2)8-18-13)4-9-3-10(14)7-16-6-9/h3,5-8,12,15H,4H2,1-2H3. The first-order valence-electron chi connectivity index (χ1n) is 5.62. The van der Waals surface area contributed by atoms with E-state index in [1.165, 1.54) is 10.4 Å². The number of ether oxygens (including phenoxy) is 1. The van der Waals surface area contributed by atoms with Crippen LogP contribution in [0, 0.1) is 0 Å². The number of nitrogens with one attached hydrogen (secondary N) is 1. The Morgan fingerprint density at radius 3 is 2.89 bits per heavy atom. The summed E-state index contributed by atoms with van der Waals surface area (Å²) in [4.78, 5) is 5.46. The number of halogens is 1. The van der Waals surface area contributed by atoms with Crippen molar-refractivity contribution in [3.05, 3.63) is 44.8 Å². The zero-order chi connectivity index (χ0) is 13.0. The molecule has 5 heteroatoms. The van der Waals surface area contributed by atoms with Crippen LogP contribution in [0.1, 0.15) is 16.5 Å². The molecular formula is C13H15BrN2OS. The average molecular weight is 327 g/mol. The molecule has 2 aromatic heterocycles. The van der Waals surface area contributed by atoms with Crippen LogP contribution >= 0.6 is 27.3 Å². The fourth-order valence-electron chi connectivity index (χ4n) is 1.77. The Morgan fingerprint density at radius 2 is 2.28 bits per heavy atom. The quantitative estimate of drug-likeness (QED) is 0.914. The van der Waals surface area contributed by atoms with Crippen LogP contribution in [0.25, 0.3) is 0 Å². The summed E-state index contributed by atoms with van der Waals surface area (Å²) >= 11 is 5.16. The molecule has 2 rings (SSSR count). The summed E-state index contributed by atoms with van der Waals surface area (Å²) in [6.07, 6.45) is 4.61. The summed E-state index contributed by atoms with van der Waals surface area (Å²) in [5, 5.41) is 5.36. The summed E-state index contributed by atoms with van der Waals surface area (Å²) < 4.78 is 6.23. The van der Waals surface area contributed by atoms with Crippen molar-refractivity contribution in [2.24, 2.45) is 0 Å². The number of aromatic nitrogens is 1. The average Bonchev–Trinajstić information content (AvgIpc) is 2.84. The molecule has 1 atom stereocenters. The minimum absolute atomic E-state index is 0.287. The van der Waals surface area contributed by atoms with Crippen molar-refractivity contribution in [3.63, 3.8) is 0 Å². The van der Waals surface area contributed by atoms with Gasteiger partial charge in [0.1, 0.15) is 5.75 Å². The SMILES string of the molecule is CNC(Cc1cncc(Br)c1)c1cc(OC)cs1. The first-order valence-corrected chi connectivity index (χ1v) is 7.29. The van der Waals surface area contributed by atoms with E-state index >= 15 is 0 Å². The van der Waals surface area contributed by atoms with Gasteiger partial charge in [-0.3, -0.25) is 4.98 Å². The topological polar surface area (TPSA) is 34.2 Å². The molecule has 0 saturated heterocycles. The van der Waals surface area contributed by atoms with Crippen molar-refractivity contribution < 1.29 is 4.74 Å². The molecule has 2 aromatic rings. The predicted octanol–water partition coefficient (Wildman–Crippen LogP) is 3.42. The van der Waals surface area contributed by atoms with Gasteiger partial charge < -0.3 is 10.1 Å². The van der Waals surface area contributed by atoms with Gasteiger partial charge in [-0.15, -0.1) is 11.3 Å². The molecule has 0 aliphatic heterocycles. The molecule has 0 aliphatic carbocycles. The maximum atomic E-state index is 5.22. The van der Waals surface area contributed by atoms with Crippen LogP contribution in [0.15, 0.2) is 34.4 Å². The Hall–Kier alpha value is -0.910. The third kappa shape index (κ3) is 3.31. The Bertz CT molecular complexity index is 515. The molecule has 0 radical (unpaired) electrons. The monoisotopic (exact) mass is 326 g/mol. The summed E-state index contributed by atoms with van der Waals surface area (Å²) in [7, 11) is 3.67. The maximum absolute atomic E-state index is 5.22. The molecule has 2 heterocycles. The van der Waals surface area contributed by atoms with E-state index in [-0.39, 0.29) is 6.04 Å². The third-order valence-electron chi connectivity index (χ3n) is 2.72. The Balaban J connectivity index is 2.14. The Morgan fingerprint density at radius 1 is 1.44 bits per heavy atom. The fraction of sp³-hybridized carbons (Fsp3) is 0.308. The van der Waals surface area contributed by atoms with Crippen LogP contribution in [-0.2, 0) is 6.42 Å². The number of hydrogen-bond donors (Lipinski definition) is 1. The maximum Gasteiger partial charge on any atom is 0.129 e. The molecule has 0 spiro atoms. The number of rotatable bonds is 5. The molecular weight excluding hydrogens is 312 g/mol. The van der Waals surface area contributed by atoms with Crippen molar-refractivity contribution in [1.29, 1.82) is 0 Å². The van der Waals surface area contributed by atoms with Crippen LogP contribution in [0.4, 0.5) is 0 Å². The highest BCUT2D eigenvalue weighted by Crippen LogP contribution is 2.29.